The van der Waals surface area contributed by atoms with Gasteiger partial charge in [-0.05, 0) is 43.3 Å². The van der Waals surface area contributed by atoms with E-state index in [1.807, 2.05) is 0 Å². The third-order valence-corrected chi connectivity index (χ3v) is 4.72. The fraction of sp³-hybridized carbons (Fsp3) is 0.174. The van der Waals surface area contributed by atoms with Crippen LogP contribution in [0.15, 0.2) is 60.9 Å². The summed E-state index contributed by atoms with van der Waals surface area (Å²) >= 11 is 0. The molecule has 0 saturated heterocycles. The molecule has 1 amide bonds. The van der Waals surface area contributed by atoms with Crippen molar-refractivity contribution in [1.82, 2.24) is 9.78 Å². The first-order chi connectivity index (χ1) is 16.5. The molecule has 0 aliphatic heterocycles. The van der Waals surface area contributed by atoms with Crippen LogP contribution in [0.3, 0.4) is 0 Å². The lowest BCUT2D eigenvalue weighted by Gasteiger charge is -2.17. The average molecular weight is 488 g/mol. The quantitative estimate of drug-likeness (QED) is 0.263. The smallest absolute Gasteiger partial charge is 0.434 e. The van der Waals surface area contributed by atoms with Crippen LogP contribution in [0.4, 0.5) is 24.5 Å². The number of rotatable bonds is 7. The van der Waals surface area contributed by atoms with E-state index >= 15 is 0 Å². The molecule has 35 heavy (non-hydrogen) atoms. The van der Waals surface area contributed by atoms with E-state index in [0.717, 1.165) is 6.20 Å². The van der Waals surface area contributed by atoms with Crippen molar-refractivity contribution in [2.75, 3.05) is 16.9 Å². The lowest BCUT2D eigenvalue weighted by Crippen LogP contribution is -2.25. The van der Waals surface area contributed by atoms with Gasteiger partial charge < -0.3 is 15.8 Å². The molecule has 9 nitrogen and oxygen atoms in total. The van der Waals surface area contributed by atoms with Gasteiger partial charge in [-0.3, -0.25) is 9.80 Å². The molecule has 0 spiro atoms. The standard InChI is InChI=1S/C23H23F3N6O3/c1-3-35-22(34)19-12-29-32(21(19)23(24,25)26)18-9-7-17(8-10-18)31(28)13-20(27)15-5-4-6-16(11-15)30-14(2)33/h4-13H,3,27-28H2,1-2H3,(H,30,33)/b20-13-. The van der Waals surface area contributed by atoms with Crippen LogP contribution in [-0.2, 0) is 15.7 Å². The molecule has 0 fully saturated rings. The molecule has 12 heteroatoms. The van der Waals surface area contributed by atoms with Crippen LogP contribution in [0, 0.1) is 0 Å². The fourth-order valence-corrected chi connectivity index (χ4v) is 3.22. The second-order valence-electron chi connectivity index (χ2n) is 7.31. The van der Waals surface area contributed by atoms with Gasteiger partial charge in [0.2, 0.25) is 5.91 Å². The van der Waals surface area contributed by atoms with Crippen molar-refractivity contribution in [2.45, 2.75) is 20.0 Å². The molecular weight excluding hydrogens is 465 g/mol. The molecule has 0 bridgehead atoms. The minimum absolute atomic E-state index is 0.0602. The molecular formula is C23H23F3N6O3. The van der Waals surface area contributed by atoms with E-state index in [9.17, 15) is 22.8 Å². The SMILES string of the molecule is CCOC(=O)c1cnn(-c2ccc(N(N)/C=C(\N)c3cccc(NC(C)=O)c3)cc2)c1C(F)(F)F. The average Bonchev–Trinajstić information content (AvgIpc) is 3.25. The number of hydrazine groups is 1. The van der Waals surface area contributed by atoms with Gasteiger partial charge in [0, 0.05) is 24.4 Å². The number of hydrogen-bond donors (Lipinski definition) is 3. The summed E-state index contributed by atoms with van der Waals surface area (Å²) in [6, 6.07) is 12.5. The molecule has 0 unspecified atom stereocenters. The van der Waals surface area contributed by atoms with Gasteiger partial charge in [0.05, 0.1) is 29.9 Å². The number of aromatic nitrogens is 2. The van der Waals surface area contributed by atoms with Crippen LogP contribution in [0.25, 0.3) is 11.4 Å². The number of nitrogens with one attached hydrogen (secondary N) is 1. The Labute approximate surface area is 198 Å². The Morgan fingerprint density at radius 2 is 1.89 bits per heavy atom. The third kappa shape index (κ3) is 5.98. The number of halogens is 3. The normalized spacial score (nSPS) is 11.8. The zero-order chi connectivity index (χ0) is 25.8. The van der Waals surface area contributed by atoms with Crippen LogP contribution in [-0.4, -0.2) is 28.3 Å². The Kier molecular flexibility index (Phi) is 7.45. The summed E-state index contributed by atoms with van der Waals surface area (Å²) in [5.41, 5.74) is 6.12. The maximum atomic E-state index is 13.7. The van der Waals surface area contributed by atoms with Crippen molar-refractivity contribution < 1.29 is 27.5 Å². The van der Waals surface area contributed by atoms with Crippen LogP contribution < -0.4 is 21.9 Å². The van der Waals surface area contributed by atoms with Gasteiger partial charge in [0.1, 0.15) is 5.56 Å². The van der Waals surface area contributed by atoms with Gasteiger partial charge in [-0.15, -0.1) is 0 Å². The lowest BCUT2D eigenvalue weighted by molar-refractivity contribution is -0.143. The Bertz CT molecular complexity index is 1250. The number of esters is 1. The van der Waals surface area contributed by atoms with Crippen molar-refractivity contribution in [2.24, 2.45) is 11.6 Å². The van der Waals surface area contributed by atoms with E-state index < -0.39 is 23.4 Å². The highest BCUT2D eigenvalue weighted by molar-refractivity contribution is 5.91. The number of ether oxygens (including phenoxy) is 1. The van der Waals surface area contributed by atoms with Crippen LogP contribution in [0.2, 0.25) is 0 Å². The topological polar surface area (TPSA) is 128 Å². The third-order valence-electron chi connectivity index (χ3n) is 4.72. The fourth-order valence-electron chi connectivity index (χ4n) is 3.22. The summed E-state index contributed by atoms with van der Waals surface area (Å²) in [5, 5.41) is 7.59. The van der Waals surface area contributed by atoms with Crippen molar-refractivity contribution in [3.8, 4) is 5.69 Å². The van der Waals surface area contributed by atoms with E-state index in [2.05, 4.69) is 10.4 Å². The first kappa shape index (κ1) is 25.3. The van der Waals surface area contributed by atoms with Crippen molar-refractivity contribution in [3.63, 3.8) is 0 Å². The molecule has 5 N–H and O–H groups in total. The zero-order valence-corrected chi connectivity index (χ0v) is 18.8. The van der Waals surface area contributed by atoms with E-state index in [0.29, 0.717) is 21.6 Å². The molecule has 0 aliphatic rings. The van der Waals surface area contributed by atoms with E-state index in [1.54, 1.807) is 24.3 Å². The highest BCUT2D eigenvalue weighted by Crippen LogP contribution is 2.34. The number of nitrogens with two attached hydrogens (primary N) is 2. The second kappa shape index (κ2) is 10.3. The molecule has 0 aliphatic carbocycles. The number of alkyl halides is 3. The molecule has 1 heterocycles. The Morgan fingerprint density at radius 3 is 2.49 bits per heavy atom. The van der Waals surface area contributed by atoms with Crippen LogP contribution >= 0.6 is 0 Å². The van der Waals surface area contributed by atoms with Gasteiger partial charge in [0.15, 0.2) is 5.69 Å². The predicted molar refractivity (Wildman–Crippen MR) is 124 cm³/mol. The molecule has 184 valence electrons. The number of amides is 1. The molecule has 3 rings (SSSR count). The van der Waals surface area contributed by atoms with E-state index in [1.165, 1.54) is 49.3 Å². The molecule has 0 saturated carbocycles. The van der Waals surface area contributed by atoms with Gasteiger partial charge in [-0.25, -0.2) is 15.3 Å². The Morgan fingerprint density at radius 1 is 1.20 bits per heavy atom. The zero-order valence-electron chi connectivity index (χ0n) is 18.8. The second-order valence-corrected chi connectivity index (χ2v) is 7.31. The number of carbonyl (C=O) groups is 2. The summed E-state index contributed by atoms with van der Waals surface area (Å²) in [4.78, 5) is 23.2. The number of anilines is 2. The Balaban J connectivity index is 1.87. The molecule has 0 atom stereocenters. The first-order valence-corrected chi connectivity index (χ1v) is 10.3. The maximum absolute atomic E-state index is 13.7. The highest BCUT2D eigenvalue weighted by Gasteiger charge is 2.41. The van der Waals surface area contributed by atoms with Gasteiger partial charge in [-0.2, -0.15) is 18.3 Å². The summed E-state index contributed by atoms with van der Waals surface area (Å²) in [7, 11) is 0. The van der Waals surface area contributed by atoms with Crippen molar-refractivity contribution in [3.05, 3.63) is 77.7 Å². The van der Waals surface area contributed by atoms with Crippen molar-refractivity contribution in [1.29, 1.82) is 0 Å². The molecule has 2 aromatic carbocycles. The maximum Gasteiger partial charge on any atom is 0.434 e. The monoisotopic (exact) mass is 488 g/mol. The van der Waals surface area contributed by atoms with Gasteiger partial charge in [-0.1, -0.05) is 12.1 Å². The summed E-state index contributed by atoms with van der Waals surface area (Å²) in [5.74, 6) is 4.72. The number of nitrogens with zero attached hydrogens (tertiary/aromatic N) is 3. The molecule has 1 aromatic heterocycles. The van der Waals surface area contributed by atoms with E-state index in [4.69, 9.17) is 16.3 Å². The minimum Gasteiger partial charge on any atom is -0.462 e. The Hall–Kier alpha value is -4.32. The number of benzene rings is 2. The molecule has 0 radical (unpaired) electrons. The minimum atomic E-state index is -4.85. The molecule has 3 aromatic rings. The van der Waals surface area contributed by atoms with Gasteiger partial charge >= 0.3 is 12.1 Å². The lowest BCUT2D eigenvalue weighted by atomic mass is 10.1. The van der Waals surface area contributed by atoms with Crippen LogP contribution in [0.5, 0.6) is 0 Å². The summed E-state index contributed by atoms with van der Waals surface area (Å²) in [6.45, 7) is 2.81. The van der Waals surface area contributed by atoms with Gasteiger partial charge in [0.25, 0.3) is 0 Å². The number of hydrogen-bond acceptors (Lipinski definition) is 7. The predicted octanol–water partition coefficient (Wildman–Crippen LogP) is 3.66. The van der Waals surface area contributed by atoms with E-state index in [-0.39, 0.29) is 23.9 Å². The first-order valence-electron chi connectivity index (χ1n) is 10.3. The van der Waals surface area contributed by atoms with Crippen molar-refractivity contribution >= 4 is 28.9 Å². The largest absolute Gasteiger partial charge is 0.462 e. The summed E-state index contributed by atoms with van der Waals surface area (Å²) < 4.78 is 46.4. The highest BCUT2D eigenvalue weighted by atomic mass is 19.4. The number of carbonyl (C=O) groups excluding carboxylic acids is 2. The van der Waals surface area contributed by atoms with Crippen LogP contribution in [0.1, 0.15) is 35.5 Å². The summed E-state index contributed by atoms with van der Waals surface area (Å²) in [6.07, 6.45) is -2.60.